The highest BCUT2D eigenvalue weighted by Gasteiger charge is 1.95. The van der Waals surface area contributed by atoms with Gasteiger partial charge in [-0.05, 0) is 25.7 Å². The van der Waals surface area contributed by atoms with E-state index in [0.29, 0.717) is 13.0 Å². The normalized spacial score (nSPS) is 10.6. The summed E-state index contributed by atoms with van der Waals surface area (Å²) in [5.41, 5.74) is 0. The average Bonchev–Trinajstić information content (AvgIpc) is 2.16. The molecule has 0 aromatic heterocycles. The summed E-state index contributed by atoms with van der Waals surface area (Å²) < 4.78 is 4.93. The van der Waals surface area contributed by atoms with E-state index in [1.54, 1.807) is 0 Å². The Balaban J connectivity index is 3.08. The van der Waals surface area contributed by atoms with Gasteiger partial charge >= 0.3 is 5.97 Å². The molecule has 0 atom stereocenters. The zero-order valence-electron chi connectivity index (χ0n) is 8.71. The quantitative estimate of drug-likeness (QED) is 0.345. The lowest BCUT2D eigenvalue weighted by Gasteiger charge is -2.01. The van der Waals surface area contributed by atoms with Crippen LogP contribution in [0.5, 0.6) is 0 Å². The van der Waals surface area contributed by atoms with Crippen LogP contribution in [0.3, 0.4) is 0 Å². The molecular weight excluding hydrogens is 164 g/mol. The van der Waals surface area contributed by atoms with Crippen molar-refractivity contribution in [2.24, 2.45) is 0 Å². The lowest BCUT2D eigenvalue weighted by Crippen LogP contribution is -2.03. The lowest BCUT2D eigenvalue weighted by atomic mass is 10.2. The zero-order valence-corrected chi connectivity index (χ0v) is 8.71. The number of carbonyl (C=O) groups excluding carboxylic acids is 1. The number of hydrogen-bond donors (Lipinski definition) is 0. The number of ether oxygens (including phenoxy) is 1. The zero-order chi connectivity index (χ0) is 9.94. The van der Waals surface area contributed by atoms with E-state index in [1.807, 2.05) is 6.92 Å². The third-order valence-electron chi connectivity index (χ3n) is 1.72. The Labute approximate surface area is 81.0 Å². The number of allylic oxidation sites excluding steroid dienone is 2. The minimum atomic E-state index is -0.0934. The molecule has 0 saturated heterocycles. The highest BCUT2D eigenvalue weighted by Crippen LogP contribution is 1.98. The molecule has 0 aliphatic rings. The Morgan fingerprint density at radius 1 is 1.23 bits per heavy atom. The first kappa shape index (κ1) is 12.2. The Morgan fingerprint density at radius 3 is 2.62 bits per heavy atom. The maximum atomic E-state index is 10.7. The van der Waals surface area contributed by atoms with Crippen LogP contribution in [0, 0.1) is 0 Å². The van der Waals surface area contributed by atoms with Gasteiger partial charge in [0.05, 0.1) is 6.61 Å². The first-order valence-electron chi connectivity index (χ1n) is 5.11. The molecule has 0 aliphatic carbocycles. The second-order valence-electron chi connectivity index (χ2n) is 2.95. The van der Waals surface area contributed by atoms with Crippen molar-refractivity contribution in [3.63, 3.8) is 0 Å². The summed E-state index contributed by atoms with van der Waals surface area (Å²) in [5, 5.41) is 0. The van der Waals surface area contributed by atoms with Gasteiger partial charge in [-0.2, -0.15) is 0 Å². The van der Waals surface area contributed by atoms with Gasteiger partial charge in [0.1, 0.15) is 0 Å². The third kappa shape index (κ3) is 9.12. The monoisotopic (exact) mass is 184 g/mol. The van der Waals surface area contributed by atoms with Crippen LogP contribution in [-0.4, -0.2) is 12.6 Å². The number of hydrogen-bond acceptors (Lipinski definition) is 2. The Morgan fingerprint density at radius 2 is 2.00 bits per heavy atom. The molecule has 0 radical (unpaired) electrons. The van der Waals surface area contributed by atoms with Crippen molar-refractivity contribution in [1.29, 1.82) is 0 Å². The van der Waals surface area contributed by atoms with Crippen molar-refractivity contribution >= 4 is 5.97 Å². The summed E-state index contributed by atoms with van der Waals surface area (Å²) in [6.45, 7) is 4.51. The molecule has 0 aliphatic heterocycles. The van der Waals surface area contributed by atoms with Crippen LogP contribution < -0.4 is 0 Å². The largest absolute Gasteiger partial charge is 0.466 e. The van der Waals surface area contributed by atoms with Gasteiger partial charge in [-0.3, -0.25) is 4.79 Å². The molecule has 2 heteroatoms. The summed E-state index contributed by atoms with van der Waals surface area (Å²) >= 11 is 0. The summed E-state index contributed by atoms with van der Waals surface area (Å²) in [6.07, 6.45) is 9.10. The molecule has 13 heavy (non-hydrogen) atoms. The number of carbonyl (C=O) groups is 1. The second kappa shape index (κ2) is 9.30. The summed E-state index contributed by atoms with van der Waals surface area (Å²) in [5.74, 6) is -0.0934. The summed E-state index contributed by atoms with van der Waals surface area (Å²) in [6, 6.07) is 0. The molecule has 0 heterocycles. The smallest absolute Gasteiger partial charge is 0.305 e. The lowest BCUT2D eigenvalue weighted by molar-refractivity contribution is -0.143. The summed E-state index contributed by atoms with van der Waals surface area (Å²) in [7, 11) is 0. The minimum absolute atomic E-state index is 0.0934. The average molecular weight is 184 g/mol. The molecule has 0 rings (SSSR count). The SMILES string of the molecule is CCC=CCCCCOC(=O)CC. The molecule has 76 valence electrons. The molecule has 0 amide bonds. The standard InChI is InChI=1S/C11H20O2/c1-3-5-6-7-8-9-10-13-11(12)4-2/h5-6H,3-4,7-10H2,1-2H3. The van der Waals surface area contributed by atoms with Crippen LogP contribution in [-0.2, 0) is 9.53 Å². The molecule has 2 nitrogen and oxygen atoms in total. The van der Waals surface area contributed by atoms with E-state index < -0.39 is 0 Å². The van der Waals surface area contributed by atoms with Gasteiger partial charge in [0.25, 0.3) is 0 Å². The maximum absolute atomic E-state index is 10.7. The van der Waals surface area contributed by atoms with Gasteiger partial charge in [0, 0.05) is 6.42 Å². The molecule has 0 spiro atoms. The molecule has 0 aromatic carbocycles. The molecule has 0 aromatic rings. The topological polar surface area (TPSA) is 26.3 Å². The highest BCUT2D eigenvalue weighted by molar-refractivity contribution is 5.68. The van der Waals surface area contributed by atoms with E-state index in [1.165, 1.54) is 0 Å². The Kier molecular flexibility index (Phi) is 8.73. The van der Waals surface area contributed by atoms with Crippen LogP contribution in [0.15, 0.2) is 12.2 Å². The van der Waals surface area contributed by atoms with Gasteiger partial charge in [0.2, 0.25) is 0 Å². The van der Waals surface area contributed by atoms with Crippen LogP contribution in [0.25, 0.3) is 0 Å². The first-order chi connectivity index (χ1) is 6.31. The number of esters is 1. The number of unbranched alkanes of at least 4 members (excludes halogenated alkanes) is 2. The van der Waals surface area contributed by atoms with Crippen molar-refractivity contribution < 1.29 is 9.53 Å². The van der Waals surface area contributed by atoms with Gasteiger partial charge in [-0.15, -0.1) is 0 Å². The fourth-order valence-electron chi connectivity index (χ4n) is 0.937. The van der Waals surface area contributed by atoms with Gasteiger partial charge in [0.15, 0.2) is 0 Å². The molecule has 0 saturated carbocycles. The van der Waals surface area contributed by atoms with Crippen LogP contribution in [0.4, 0.5) is 0 Å². The van der Waals surface area contributed by atoms with Crippen molar-refractivity contribution in [2.75, 3.05) is 6.61 Å². The third-order valence-corrected chi connectivity index (χ3v) is 1.72. The van der Waals surface area contributed by atoms with Crippen molar-refractivity contribution in [2.45, 2.75) is 46.0 Å². The van der Waals surface area contributed by atoms with E-state index in [4.69, 9.17) is 4.74 Å². The molecule has 0 unspecified atom stereocenters. The van der Waals surface area contributed by atoms with Crippen molar-refractivity contribution in [3.8, 4) is 0 Å². The van der Waals surface area contributed by atoms with Crippen LogP contribution in [0.2, 0.25) is 0 Å². The van der Waals surface area contributed by atoms with Crippen LogP contribution in [0.1, 0.15) is 46.0 Å². The molecule has 0 N–H and O–H groups in total. The Bertz CT molecular complexity index is 150. The molecular formula is C11H20O2. The second-order valence-corrected chi connectivity index (χ2v) is 2.95. The predicted octanol–water partition coefficient (Wildman–Crippen LogP) is 3.08. The van der Waals surface area contributed by atoms with Crippen molar-refractivity contribution in [3.05, 3.63) is 12.2 Å². The predicted molar refractivity (Wildman–Crippen MR) is 54.5 cm³/mol. The van der Waals surface area contributed by atoms with Gasteiger partial charge in [-0.25, -0.2) is 0 Å². The molecule has 0 bridgehead atoms. The van der Waals surface area contributed by atoms with Gasteiger partial charge in [-0.1, -0.05) is 26.0 Å². The van der Waals surface area contributed by atoms with E-state index in [2.05, 4.69) is 19.1 Å². The first-order valence-corrected chi connectivity index (χ1v) is 5.11. The fourth-order valence-corrected chi connectivity index (χ4v) is 0.937. The van der Waals surface area contributed by atoms with E-state index in [9.17, 15) is 4.79 Å². The minimum Gasteiger partial charge on any atom is -0.466 e. The van der Waals surface area contributed by atoms with E-state index in [0.717, 1.165) is 25.7 Å². The van der Waals surface area contributed by atoms with E-state index in [-0.39, 0.29) is 5.97 Å². The Hall–Kier alpha value is -0.790. The highest BCUT2D eigenvalue weighted by atomic mass is 16.5. The fraction of sp³-hybridized carbons (Fsp3) is 0.727. The van der Waals surface area contributed by atoms with Gasteiger partial charge < -0.3 is 4.74 Å². The number of rotatable bonds is 7. The maximum Gasteiger partial charge on any atom is 0.305 e. The van der Waals surface area contributed by atoms with E-state index >= 15 is 0 Å². The van der Waals surface area contributed by atoms with Crippen LogP contribution >= 0.6 is 0 Å². The van der Waals surface area contributed by atoms with Crippen molar-refractivity contribution in [1.82, 2.24) is 0 Å². The summed E-state index contributed by atoms with van der Waals surface area (Å²) in [4.78, 5) is 10.7. The molecule has 0 fully saturated rings.